The summed E-state index contributed by atoms with van der Waals surface area (Å²) in [6, 6.07) is 0.113. The van der Waals surface area contributed by atoms with Crippen molar-refractivity contribution in [3.63, 3.8) is 0 Å². The molecule has 0 spiro atoms. The van der Waals surface area contributed by atoms with Crippen molar-refractivity contribution in [3.05, 3.63) is 0 Å². The molecule has 1 fully saturated rings. The summed E-state index contributed by atoms with van der Waals surface area (Å²) in [4.78, 5) is 0. The van der Waals surface area contributed by atoms with Crippen molar-refractivity contribution < 1.29 is 8.42 Å². The van der Waals surface area contributed by atoms with E-state index in [-0.39, 0.29) is 11.8 Å². The highest BCUT2D eigenvalue weighted by atomic mass is 32.2. The summed E-state index contributed by atoms with van der Waals surface area (Å²) in [7, 11) is -3.03. The Morgan fingerprint density at radius 1 is 1.27 bits per heavy atom. The molecule has 0 unspecified atom stereocenters. The molecule has 0 heterocycles. The third kappa shape index (κ3) is 4.51. The highest BCUT2D eigenvalue weighted by molar-refractivity contribution is 7.89. The van der Waals surface area contributed by atoms with Gasteiger partial charge in [0.1, 0.15) is 0 Å². The first kappa shape index (κ1) is 13.0. The normalized spacial score (nSPS) is 21.5. The fourth-order valence-corrected chi connectivity index (χ4v) is 3.76. The lowest BCUT2D eigenvalue weighted by Gasteiger charge is -2.28. The maximum Gasteiger partial charge on any atom is 0.211 e. The summed E-state index contributed by atoms with van der Waals surface area (Å²) in [6.45, 7) is 3.90. The Morgan fingerprint density at radius 3 is 2.40 bits per heavy atom. The summed E-state index contributed by atoms with van der Waals surface area (Å²) in [6.07, 6.45) is 6.86. The minimum absolute atomic E-state index is 0.113. The maximum atomic E-state index is 11.6. The lowest BCUT2D eigenvalue weighted by atomic mass is 9.85. The highest BCUT2D eigenvalue weighted by Gasteiger charge is 2.23. The van der Waals surface area contributed by atoms with E-state index in [1.807, 2.05) is 13.8 Å². The molecule has 1 atom stereocenters. The Morgan fingerprint density at radius 2 is 1.87 bits per heavy atom. The maximum absolute atomic E-state index is 11.6. The van der Waals surface area contributed by atoms with Crippen LogP contribution in [0.1, 0.15) is 52.4 Å². The van der Waals surface area contributed by atoms with Crippen molar-refractivity contribution in [1.29, 1.82) is 0 Å². The van der Waals surface area contributed by atoms with Gasteiger partial charge in [0, 0.05) is 6.04 Å². The van der Waals surface area contributed by atoms with Crippen molar-refractivity contribution in [2.75, 3.05) is 5.75 Å². The van der Waals surface area contributed by atoms with Crippen LogP contribution in [0.15, 0.2) is 0 Å². The molecule has 0 bridgehead atoms. The molecule has 1 saturated carbocycles. The second kappa shape index (κ2) is 5.85. The molecule has 0 aromatic heterocycles. The van der Waals surface area contributed by atoms with Crippen LogP contribution >= 0.6 is 0 Å². The number of hydrogen-bond donors (Lipinski definition) is 1. The van der Waals surface area contributed by atoms with Crippen molar-refractivity contribution in [3.8, 4) is 0 Å². The fraction of sp³-hybridized carbons (Fsp3) is 1.00. The first-order chi connectivity index (χ1) is 7.05. The fourth-order valence-electron chi connectivity index (χ4n) is 2.34. The Bertz CT molecular complexity index is 268. The van der Waals surface area contributed by atoms with Gasteiger partial charge in [-0.05, 0) is 32.1 Å². The van der Waals surface area contributed by atoms with E-state index < -0.39 is 10.0 Å². The molecule has 15 heavy (non-hydrogen) atoms. The summed E-state index contributed by atoms with van der Waals surface area (Å²) < 4.78 is 25.9. The first-order valence-corrected chi connectivity index (χ1v) is 7.70. The van der Waals surface area contributed by atoms with Gasteiger partial charge in [0.25, 0.3) is 0 Å². The van der Waals surface area contributed by atoms with Crippen LogP contribution in [-0.4, -0.2) is 20.2 Å². The van der Waals surface area contributed by atoms with Gasteiger partial charge in [-0.25, -0.2) is 13.1 Å². The standard InChI is InChI=1S/C11H23NO2S/c1-3-9-15(13,14)12-10(2)11-7-5-4-6-8-11/h10-12H,3-9H2,1-2H3/t10-/m0/s1. The van der Waals surface area contributed by atoms with E-state index in [2.05, 4.69) is 4.72 Å². The molecule has 1 rings (SSSR count). The van der Waals surface area contributed by atoms with E-state index >= 15 is 0 Å². The molecule has 0 amide bonds. The Hall–Kier alpha value is -0.0900. The molecule has 90 valence electrons. The van der Waals surface area contributed by atoms with Crippen molar-refractivity contribution in [2.45, 2.75) is 58.4 Å². The number of nitrogens with one attached hydrogen (secondary N) is 1. The van der Waals surface area contributed by atoms with Crippen LogP contribution in [0.3, 0.4) is 0 Å². The highest BCUT2D eigenvalue weighted by Crippen LogP contribution is 2.26. The molecule has 3 nitrogen and oxygen atoms in total. The minimum Gasteiger partial charge on any atom is -0.212 e. The predicted octanol–water partition coefficient (Wildman–Crippen LogP) is 2.28. The molecule has 1 N–H and O–H groups in total. The van der Waals surface area contributed by atoms with E-state index in [4.69, 9.17) is 0 Å². The molecular weight excluding hydrogens is 210 g/mol. The smallest absolute Gasteiger partial charge is 0.211 e. The van der Waals surface area contributed by atoms with Gasteiger partial charge < -0.3 is 0 Å². The van der Waals surface area contributed by atoms with Gasteiger partial charge in [0.2, 0.25) is 10.0 Å². The summed E-state index contributed by atoms with van der Waals surface area (Å²) in [5.74, 6) is 0.801. The van der Waals surface area contributed by atoms with Gasteiger partial charge in [-0.3, -0.25) is 0 Å². The van der Waals surface area contributed by atoms with Gasteiger partial charge in [0.15, 0.2) is 0 Å². The molecule has 0 radical (unpaired) electrons. The zero-order valence-electron chi connectivity index (χ0n) is 9.83. The number of sulfonamides is 1. The van der Waals surface area contributed by atoms with Gasteiger partial charge >= 0.3 is 0 Å². The topological polar surface area (TPSA) is 46.2 Å². The van der Waals surface area contributed by atoms with Gasteiger partial charge in [0.05, 0.1) is 5.75 Å². The first-order valence-electron chi connectivity index (χ1n) is 6.05. The quantitative estimate of drug-likeness (QED) is 0.792. The van der Waals surface area contributed by atoms with Gasteiger partial charge in [-0.1, -0.05) is 26.2 Å². The Labute approximate surface area is 93.7 Å². The number of rotatable bonds is 5. The van der Waals surface area contributed by atoms with E-state index in [0.717, 1.165) is 0 Å². The molecular formula is C11H23NO2S. The molecule has 4 heteroatoms. The molecule has 0 saturated heterocycles. The SMILES string of the molecule is CCCS(=O)(=O)N[C@@H](C)C1CCCCC1. The van der Waals surface area contributed by atoms with Crippen LogP contribution in [0.2, 0.25) is 0 Å². The molecule has 1 aliphatic rings. The lowest BCUT2D eigenvalue weighted by Crippen LogP contribution is -2.39. The van der Waals surface area contributed by atoms with E-state index in [1.54, 1.807) is 0 Å². The zero-order valence-corrected chi connectivity index (χ0v) is 10.6. The number of hydrogen-bond acceptors (Lipinski definition) is 2. The average Bonchev–Trinajstić information content (AvgIpc) is 2.18. The minimum atomic E-state index is -3.03. The predicted molar refractivity (Wildman–Crippen MR) is 63.3 cm³/mol. The van der Waals surface area contributed by atoms with Gasteiger partial charge in [-0.15, -0.1) is 0 Å². The summed E-state index contributed by atoms with van der Waals surface area (Å²) >= 11 is 0. The van der Waals surface area contributed by atoms with Crippen LogP contribution in [-0.2, 0) is 10.0 Å². The van der Waals surface area contributed by atoms with Crippen LogP contribution in [0.5, 0.6) is 0 Å². The largest absolute Gasteiger partial charge is 0.212 e. The van der Waals surface area contributed by atoms with E-state index in [9.17, 15) is 8.42 Å². The molecule has 0 aliphatic heterocycles. The van der Waals surface area contributed by atoms with Crippen molar-refractivity contribution >= 4 is 10.0 Å². The van der Waals surface area contributed by atoms with Crippen LogP contribution in [0, 0.1) is 5.92 Å². The zero-order chi connectivity index (χ0) is 11.3. The Balaban J connectivity index is 2.43. The van der Waals surface area contributed by atoms with Crippen LogP contribution < -0.4 is 4.72 Å². The van der Waals surface area contributed by atoms with E-state index in [0.29, 0.717) is 12.3 Å². The molecule has 0 aromatic carbocycles. The van der Waals surface area contributed by atoms with Crippen molar-refractivity contribution in [1.82, 2.24) is 4.72 Å². The van der Waals surface area contributed by atoms with E-state index in [1.165, 1.54) is 32.1 Å². The second-order valence-electron chi connectivity index (χ2n) is 4.62. The van der Waals surface area contributed by atoms with Gasteiger partial charge in [-0.2, -0.15) is 0 Å². The molecule has 0 aromatic rings. The molecule has 1 aliphatic carbocycles. The van der Waals surface area contributed by atoms with Crippen LogP contribution in [0.25, 0.3) is 0 Å². The van der Waals surface area contributed by atoms with Crippen molar-refractivity contribution in [2.24, 2.45) is 5.92 Å². The summed E-state index contributed by atoms with van der Waals surface area (Å²) in [5, 5.41) is 0. The van der Waals surface area contributed by atoms with Crippen LogP contribution in [0.4, 0.5) is 0 Å². The Kier molecular flexibility index (Phi) is 5.06. The average molecular weight is 233 g/mol. The third-order valence-electron chi connectivity index (χ3n) is 3.20. The second-order valence-corrected chi connectivity index (χ2v) is 6.50. The third-order valence-corrected chi connectivity index (χ3v) is 4.87. The lowest BCUT2D eigenvalue weighted by molar-refractivity contribution is 0.303. The summed E-state index contributed by atoms with van der Waals surface area (Å²) in [5.41, 5.74) is 0. The monoisotopic (exact) mass is 233 g/mol.